The summed E-state index contributed by atoms with van der Waals surface area (Å²) in [6.07, 6.45) is 7.44. The van der Waals surface area contributed by atoms with E-state index in [9.17, 15) is 0 Å². The topological polar surface area (TPSA) is 0 Å². The Bertz CT molecular complexity index is 1740. The summed E-state index contributed by atoms with van der Waals surface area (Å²) < 4.78 is 0. The second-order valence-corrected chi connectivity index (χ2v) is 17.0. The molecule has 0 radical (unpaired) electrons. The number of unbranched alkanes of at least 4 members (excludes halogenated alkanes) is 2. The van der Waals surface area contributed by atoms with E-state index in [0.717, 1.165) is 0 Å². The molecule has 6 aromatic rings. The second-order valence-electron chi connectivity index (χ2n) is 13.3. The summed E-state index contributed by atoms with van der Waals surface area (Å²) in [5.41, 5.74) is 16.5. The predicted molar refractivity (Wildman–Crippen MR) is 218 cm³/mol. The Morgan fingerprint density at radius 2 is 0.857 bits per heavy atom. The van der Waals surface area contributed by atoms with Crippen LogP contribution in [0, 0.1) is 48.5 Å². The molecule has 0 saturated carbocycles. The van der Waals surface area contributed by atoms with Crippen molar-refractivity contribution in [3.63, 3.8) is 0 Å². The summed E-state index contributed by atoms with van der Waals surface area (Å²) in [6, 6.07) is 32.4. The van der Waals surface area contributed by atoms with Gasteiger partial charge in [-0.3, -0.25) is 0 Å². The van der Waals surface area contributed by atoms with Crippen LogP contribution in [0.25, 0.3) is 43.8 Å². The number of hydrogen-bond donors (Lipinski definition) is 0. The molecular weight excluding hydrogens is 715 g/mol. The zero-order valence-corrected chi connectivity index (χ0v) is 35.3. The Morgan fingerprint density at radius 1 is 0.531 bits per heavy atom. The van der Waals surface area contributed by atoms with Crippen LogP contribution in [-0.4, -0.2) is 0 Å². The summed E-state index contributed by atoms with van der Waals surface area (Å²) in [5.74, 6) is 0. The van der Waals surface area contributed by atoms with Crippen molar-refractivity contribution in [2.45, 2.75) is 101 Å². The Morgan fingerprint density at radius 3 is 1.16 bits per heavy atom. The van der Waals surface area contributed by atoms with Gasteiger partial charge in [0.1, 0.15) is 0 Å². The Labute approximate surface area is 316 Å². The standard InChI is InChI=1S/2C22H25.C2H5.2ClH.Zr/c2*1-5-6-7-18-13-21-17(4)8-9-20(22(21)14-18)19-11-15(2)10-16(3)12-19;1-2;;;/h2*8-14H,5-7H2,1-4H3;1H2,2H3;2*1H;/q3*-1;;;+2/p-2. The van der Waals surface area contributed by atoms with Crippen LogP contribution >= 0.6 is 17.0 Å². The van der Waals surface area contributed by atoms with Crippen molar-refractivity contribution in [3.05, 3.63) is 136 Å². The van der Waals surface area contributed by atoms with Crippen molar-refractivity contribution >= 4 is 38.6 Å². The molecule has 6 rings (SSSR count). The van der Waals surface area contributed by atoms with Gasteiger partial charge in [0.25, 0.3) is 0 Å². The third kappa shape index (κ3) is 11.3. The van der Waals surface area contributed by atoms with E-state index in [-0.39, 0.29) is 0 Å². The minimum absolute atomic E-state index is 0.826. The Hall–Kier alpha value is -2.44. The number of benzene rings is 4. The van der Waals surface area contributed by atoms with Gasteiger partial charge in [-0.25, -0.2) is 0 Å². The summed E-state index contributed by atoms with van der Waals surface area (Å²) in [7, 11) is 9.87. The average Bonchev–Trinajstić information content (AvgIpc) is 3.70. The Kier molecular flexibility index (Phi) is 17.1. The fourth-order valence-electron chi connectivity index (χ4n) is 6.82. The second kappa shape index (κ2) is 20.4. The van der Waals surface area contributed by atoms with Crippen LogP contribution < -0.4 is 0 Å². The summed E-state index contributed by atoms with van der Waals surface area (Å²) in [4.78, 5) is 0. The van der Waals surface area contributed by atoms with E-state index >= 15 is 0 Å². The molecule has 0 fully saturated rings. The van der Waals surface area contributed by atoms with Gasteiger partial charge in [-0.2, -0.15) is 19.1 Å². The molecule has 0 aliphatic rings. The van der Waals surface area contributed by atoms with E-state index in [2.05, 4.69) is 147 Å². The molecule has 0 saturated heterocycles. The number of halogens is 2. The first-order valence-corrected chi connectivity index (χ1v) is 24.1. The average molecular weight is 770 g/mol. The molecule has 0 atom stereocenters. The molecule has 0 spiro atoms. The van der Waals surface area contributed by atoms with Crippen LogP contribution in [0.3, 0.4) is 0 Å². The molecule has 3 heteroatoms. The van der Waals surface area contributed by atoms with E-state index in [0.29, 0.717) is 0 Å². The quantitative estimate of drug-likeness (QED) is 0.135. The van der Waals surface area contributed by atoms with E-state index in [1.807, 2.05) is 0 Å². The molecule has 49 heavy (non-hydrogen) atoms. The van der Waals surface area contributed by atoms with Crippen LogP contribution in [0.4, 0.5) is 0 Å². The van der Waals surface area contributed by atoms with Crippen molar-refractivity contribution in [1.29, 1.82) is 0 Å². The molecule has 0 heterocycles. The van der Waals surface area contributed by atoms with E-state index < -0.39 is 20.8 Å². The van der Waals surface area contributed by atoms with Crippen molar-refractivity contribution in [1.82, 2.24) is 0 Å². The van der Waals surface area contributed by atoms with Crippen LogP contribution in [0.2, 0.25) is 0 Å². The molecule has 0 bridgehead atoms. The van der Waals surface area contributed by atoms with Gasteiger partial charge in [-0.15, -0.1) is 68.1 Å². The van der Waals surface area contributed by atoms with Crippen molar-refractivity contribution in [2.75, 3.05) is 0 Å². The number of hydrogen-bond acceptors (Lipinski definition) is 0. The van der Waals surface area contributed by atoms with E-state index in [1.54, 1.807) is 6.92 Å². The van der Waals surface area contributed by atoms with Crippen LogP contribution in [0.1, 0.15) is 91.0 Å². The molecular formula is C46H55Cl2Zr-3. The number of rotatable bonds is 8. The summed E-state index contributed by atoms with van der Waals surface area (Å²) >= 11 is -0.826. The van der Waals surface area contributed by atoms with Crippen LogP contribution in [-0.2, 0) is 33.7 Å². The third-order valence-corrected chi connectivity index (χ3v) is 9.03. The fourth-order valence-corrected chi connectivity index (χ4v) is 6.82. The minimum atomic E-state index is -0.826. The molecule has 0 aliphatic heterocycles. The van der Waals surface area contributed by atoms with Crippen molar-refractivity contribution in [3.8, 4) is 22.3 Å². The third-order valence-electron chi connectivity index (χ3n) is 9.03. The summed E-state index contributed by atoms with van der Waals surface area (Å²) in [6.45, 7) is 22.7. The first-order valence-electron chi connectivity index (χ1n) is 17.8. The molecule has 0 nitrogen and oxygen atoms in total. The van der Waals surface area contributed by atoms with Crippen LogP contribution in [0.5, 0.6) is 0 Å². The number of fused-ring (bicyclic) bond motifs is 2. The van der Waals surface area contributed by atoms with Crippen molar-refractivity contribution < 1.29 is 20.8 Å². The molecule has 0 aliphatic carbocycles. The zero-order chi connectivity index (χ0) is 36.1. The first kappa shape index (κ1) is 41.0. The zero-order valence-electron chi connectivity index (χ0n) is 31.3. The SMILES string of the molecule is CCCCc1cc2c(-c3cc(C)cc(C)c3)ccc(C)c2[cH-]1.CCCCc1cc2c(-c3cc(C)cc(C)c3)ccc(C)c2[cH-]1.[CH2-]C.[Cl][Zr][Cl]. The van der Waals surface area contributed by atoms with Gasteiger partial charge in [-0.1, -0.05) is 135 Å². The Balaban J connectivity index is 0.000000235. The number of aryl methyl sites for hydroxylation is 8. The molecule has 0 amide bonds. The molecule has 0 aromatic heterocycles. The van der Waals surface area contributed by atoms with E-state index in [1.165, 1.54) is 127 Å². The maximum absolute atomic E-state index is 4.93. The maximum atomic E-state index is 4.93. The predicted octanol–water partition coefficient (Wildman–Crippen LogP) is 15.2. The fraction of sp³-hybridized carbons (Fsp3) is 0.326. The molecule has 0 unspecified atom stereocenters. The summed E-state index contributed by atoms with van der Waals surface area (Å²) in [5, 5.41) is 5.66. The van der Waals surface area contributed by atoms with E-state index in [4.69, 9.17) is 17.0 Å². The molecule has 260 valence electrons. The van der Waals surface area contributed by atoms with Gasteiger partial charge in [0.15, 0.2) is 0 Å². The van der Waals surface area contributed by atoms with Gasteiger partial charge in [0.05, 0.1) is 0 Å². The van der Waals surface area contributed by atoms with Crippen LogP contribution in [0.15, 0.2) is 84.9 Å². The van der Waals surface area contributed by atoms with Gasteiger partial charge < -0.3 is 6.92 Å². The van der Waals surface area contributed by atoms with Gasteiger partial charge in [0, 0.05) is 0 Å². The van der Waals surface area contributed by atoms with Gasteiger partial charge in [-0.05, 0) is 51.7 Å². The molecule has 0 N–H and O–H groups in total. The van der Waals surface area contributed by atoms with Gasteiger partial charge in [0.2, 0.25) is 0 Å². The first-order chi connectivity index (χ1) is 23.6. The monoisotopic (exact) mass is 767 g/mol. The van der Waals surface area contributed by atoms with Crippen molar-refractivity contribution in [2.24, 2.45) is 0 Å². The normalized spacial score (nSPS) is 10.5. The molecule has 6 aromatic carbocycles. The van der Waals surface area contributed by atoms with Gasteiger partial charge >= 0.3 is 37.9 Å².